The zero-order valence-corrected chi connectivity index (χ0v) is 15.3. The standard InChI is InChI=1S/C20H23FN2O3/c1-13-12-17(15(3)26-13)20(25)23-10-8-22(9-11-23)19(24)14(2)16-6-4-5-7-18(16)21/h4-7,12,14H,8-11H2,1-3H3. The van der Waals surface area contributed by atoms with Crippen LogP contribution in [0.2, 0.25) is 0 Å². The fourth-order valence-corrected chi connectivity index (χ4v) is 3.38. The highest BCUT2D eigenvalue weighted by atomic mass is 19.1. The quantitative estimate of drug-likeness (QED) is 0.847. The molecule has 1 aromatic carbocycles. The molecule has 1 aromatic heterocycles. The fraction of sp³-hybridized carbons (Fsp3) is 0.400. The van der Waals surface area contributed by atoms with E-state index in [1.807, 2.05) is 6.92 Å². The van der Waals surface area contributed by atoms with Gasteiger partial charge in [-0.25, -0.2) is 4.39 Å². The molecule has 6 heteroatoms. The second-order valence-corrected chi connectivity index (χ2v) is 6.69. The molecule has 1 aliphatic rings. The third-order valence-electron chi connectivity index (χ3n) is 4.89. The van der Waals surface area contributed by atoms with Crippen molar-refractivity contribution in [1.29, 1.82) is 0 Å². The highest BCUT2D eigenvalue weighted by molar-refractivity contribution is 5.95. The number of hydrogen-bond donors (Lipinski definition) is 0. The largest absolute Gasteiger partial charge is 0.466 e. The number of carbonyl (C=O) groups is 2. The summed E-state index contributed by atoms with van der Waals surface area (Å²) in [5, 5.41) is 0. The molecule has 0 spiro atoms. The molecule has 26 heavy (non-hydrogen) atoms. The van der Waals surface area contributed by atoms with E-state index in [0.717, 1.165) is 0 Å². The van der Waals surface area contributed by atoms with Crippen molar-refractivity contribution in [2.75, 3.05) is 26.2 Å². The summed E-state index contributed by atoms with van der Waals surface area (Å²) in [6, 6.07) is 8.09. The van der Waals surface area contributed by atoms with Gasteiger partial charge in [0.15, 0.2) is 0 Å². The Kier molecular flexibility index (Phi) is 5.11. The lowest BCUT2D eigenvalue weighted by Crippen LogP contribution is -2.51. The van der Waals surface area contributed by atoms with Crippen molar-refractivity contribution in [2.45, 2.75) is 26.7 Å². The average molecular weight is 358 g/mol. The Bertz CT molecular complexity index is 822. The number of amides is 2. The fourth-order valence-electron chi connectivity index (χ4n) is 3.38. The first-order chi connectivity index (χ1) is 12.4. The van der Waals surface area contributed by atoms with E-state index < -0.39 is 5.92 Å². The van der Waals surface area contributed by atoms with Crippen LogP contribution in [0, 0.1) is 19.7 Å². The molecular weight excluding hydrogens is 335 g/mol. The number of furan rings is 1. The van der Waals surface area contributed by atoms with Crippen LogP contribution in [0.1, 0.15) is 40.3 Å². The SMILES string of the molecule is Cc1cc(C(=O)N2CCN(C(=O)C(C)c3ccccc3F)CC2)c(C)o1. The smallest absolute Gasteiger partial charge is 0.257 e. The van der Waals surface area contributed by atoms with E-state index in [-0.39, 0.29) is 17.6 Å². The predicted octanol–water partition coefficient (Wildman–Crippen LogP) is 3.12. The summed E-state index contributed by atoms with van der Waals surface area (Å²) in [6.07, 6.45) is 0. The Labute approximate surface area is 152 Å². The summed E-state index contributed by atoms with van der Waals surface area (Å²) in [5.41, 5.74) is 0.975. The zero-order valence-electron chi connectivity index (χ0n) is 15.3. The van der Waals surface area contributed by atoms with E-state index in [0.29, 0.717) is 48.8 Å². The molecule has 1 aliphatic heterocycles. The molecule has 0 N–H and O–H groups in total. The molecule has 1 saturated heterocycles. The maximum absolute atomic E-state index is 13.9. The van der Waals surface area contributed by atoms with Crippen molar-refractivity contribution in [3.63, 3.8) is 0 Å². The number of aryl methyl sites for hydroxylation is 2. The molecule has 5 nitrogen and oxygen atoms in total. The van der Waals surface area contributed by atoms with Crippen LogP contribution in [0.4, 0.5) is 4.39 Å². The van der Waals surface area contributed by atoms with Crippen LogP contribution in [0.3, 0.4) is 0 Å². The second-order valence-electron chi connectivity index (χ2n) is 6.69. The van der Waals surface area contributed by atoms with Gasteiger partial charge < -0.3 is 14.2 Å². The van der Waals surface area contributed by atoms with Gasteiger partial charge in [0.25, 0.3) is 5.91 Å². The predicted molar refractivity (Wildman–Crippen MR) is 95.5 cm³/mol. The number of halogens is 1. The minimum atomic E-state index is -0.544. The van der Waals surface area contributed by atoms with Gasteiger partial charge in [-0.2, -0.15) is 0 Å². The first-order valence-electron chi connectivity index (χ1n) is 8.78. The third kappa shape index (κ3) is 3.49. The van der Waals surface area contributed by atoms with Crippen LogP contribution in [0.15, 0.2) is 34.7 Å². The van der Waals surface area contributed by atoms with Crippen LogP contribution in [-0.4, -0.2) is 47.8 Å². The van der Waals surface area contributed by atoms with Crippen LogP contribution in [-0.2, 0) is 4.79 Å². The molecule has 2 amide bonds. The van der Waals surface area contributed by atoms with Crippen molar-refractivity contribution in [1.82, 2.24) is 9.80 Å². The Hall–Kier alpha value is -2.63. The monoisotopic (exact) mass is 358 g/mol. The summed E-state index contributed by atoms with van der Waals surface area (Å²) >= 11 is 0. The van der Waals surface area contributed by atoms with E-state index in [4.69, 9.17) is 4.42 Å². The van der Waals surface area contributed by atoms with Crippen molar-refractivity contribution in [2.24, 2.45) is 0 Å². The Morgan fingerprint density at radius 2 is 1.69 bits per heavy atom. The first-order valence-corrected chi connectivity index (χ1v) is 8.78. The zero-order chi connectivity index (χ0) is 18.8. The molecule has 2 aromatic rings. The van der Waals surface area contributed by atoms with Crippen molar-refractivity contribution >= 4 is 11.8 Å². The molecule has 0 bridgehead atoms. The van der Waals surface area contributed by atoms with Gasteiger partial charge in [0, 0.05) is 26.2 Å². The highest BCUT2D eigenvalue weighted by Gasteiger charge is 2.29. The normalized spacial score (nSPS) is 15.8. The Morgan fingerprint density at radius 1 is 1.08 bits per heavy atom. The molecular formula is C20H23FN2O3. The van der Waals surface area contributed by atoms with Crippen LogP contribution < -0.4 is 0 Å². The van der Waals surface area contributed by atoms with Gasteiger partial charge in [0.05, 0.1) is 11.5 Å². The number of carbonyl (C=O) groups excluding carboxylic acids is 2. The Balaban J connectivity index is 1.63. The molecule has 3 rings (SSSR count). The minimum absolute atomic E-state index is 0.0754. The molecule has 1 fully saturated rings. The number of rotatable bonds is 3. The molecule has 0 saturated carbocycles. The van der Waals surface area contributed by atoms with Crippen LogP contribution >= 0.6 is 0 Å². The Morgan fingerprint density at radius 3 is 2.27 bits per heavy atom. The summed E-state index contributed by atoms with van der Waals surface area (Å²) in [5.74, 6) is 0.217. The number of hydrogen-bond acceptors (Lipinski definition) is 3. The van der Waals surface area contributed by atoms with Crippen LogP contribution in [0.5, 0.6) is 0 Å². The van der Waals surface area contributed by atoms with E-state index in [1.165, 1.54) is 6.07 Å². The lowest BCUT2D eigenvalue weighted by atomic mass is 9.98. The summed E-state index contributed by atoms with van der Waals surface area (Å²) in [4.78, 5) is 28.8. The molecule has 138 valence electrons. The number of benzene rings is 1. The molecule has 0 aliphatic carbocycles. The average Bonchev–Trinajstić information content (AvgIpc) is 2.98. The second kappa shape index (κ2) is 7.32. The molecule has 1 atom stereocenters. The maximum Gasteiger partial charge on any atom is 0.257 e. The van der Waals surface area contributed by atoms with Gasteiger partial charge in [0.1, 0.15) is 17.3 Å². The summed E-state index contributed by atoms with van der Waals surface area (Å²) in [6.45, 7) is 7.10. The lowest BCUT2D eigenvalue weighted by molar-refractivity contribution is -0.134. The minimum Gasteiger partial charge on any atom is -0.466 e. The topological polar surface area (TPSA) is 53.8 Å². The van der Waals surface area contributed by atoms with E-state index >= 15 is 0 Å². The van der Waals surface area contributed by atoms with Gasteiger partial charge in [-0.1, -0.05) is 18.2 Å². The number of nitrogens with zero attached hydrogens (tertiary/aromatic N) is 2. The maximum atomic E-state index is 13.9. The third-order valence-corrected chi connectivity index (χ3v) is 4.89. The summed E-state index contributed by atoms with van der Waals surface area (Å²) < 4.78 is 19.4. The van der Waals surface area contributed by atoms with Gasteiger partial charge in [-0.05, 0) is 38.5 Å². The van der Waals surface area contributed by atoms with Crippen molar-refractivity contribution < 1.29 is 18.4 Å². The highest BCUT2D eigenvalue weighted by Crippen LogP contribution is 2.22. The van der Waals surface area contributed by atoms with Gasteiger partial charge in [-0.15, -0.1) is 0 Å². The van der Waals surface area contributed by atoms with Crippen molar-refractivity contribution in [3.8, 4) is 0 Å². The first kappa shape index (κ1) is 18.2. The van der Waals surface area contributed by atoms with E-state index in [1.54, 1.807) is 47.9 Å². The van der Waals surface area contributed by atoms with E-state index in [2.05, 4.69) is 0 Å². The van der Waals surface area contributed by atoms with E-state index in [9.17, 15) is 14.0 Å². The molecule has 0 radical (unpaired) electrons. The van der Waals surface area contributed by atoms with Gasteiger partial charge in [-0.3, -0.25) is 9.59 Å². The number of piperazine rings is 1. The van der Waals surface area contributed by atoms with Crippen molar-refractivity contribution in [3.05, 3.63) is 58.8 Å². The molecule has 1 unspecified atom stereocenters. The van der Waals surface area contributed by atoms with Gasteiger partial charge in [0.2, 0.25) is 5.91 Å². The summed E-state index contributed by atoms with van der Waals surface area (Å²) in [7, 11) is 0. The molecule has 2 heterocycles. The van der Waals surface area contributed by atoms with Crippen LogP contribution in [0.25, 0.3) is 0 Å². The lowest BCUT2D eigenvalue weighted by Gasteiger charge is -2.36. The van der Waals surface area contributed by atoms with Gasteiger partial charge >= 0.3 is 0 Å².